The van der Waals surface area contributed by atoms with Gasteiger partial charge >= 0.3 is 5.97 Å². The third kappa shape index (κ3) is 3.87. The molecule has 0 aliphatic carbocycles. The van der Waals surface area contributed by atoms with Crippen LogP contribution < -0.4 is 5.32 Å². The molecule has 18 heavy (non-hydrogen) atoms. The number of methoxy groups -OCH3 is 1. The summed E-state index contributed by atoms with van der Waals surface area (Å²) in [6, 6.07) is 7.87. The lowest BCUT2D eigenvalue weighted by atomic mass is 10.1. The Labute approximate surface area is 107 Å². The van der Waals surface area contributed by atoms with Gasteiger partial charge in [0.15, 0.2) is 0 Å². The Morgan fingerprint density at radius 3 is 2.67 bits per heavy atom. The van der Waals surface area contributed by atoms with E-state index in [-0.39, 0.29) is 5.91 Å². The van der Waals surface area contributed by atoms with E-state index >= 15 is 0 Å². The van der Waals surface area contributed by atoms with Gasteiger partial charge in [-0.15, -0.1) is 0 Å². The van der Waals surface area contributed by atoms with E-state index in [9.17, 15) is 9.59 Å². The number of rotatable bonds is 5. The fourth-order valence-corrected chi connectivity index (χ4v) is 1.74. The number of carbonyl (C=O) groups excluding carboxylic acids is 2. The SMILES string of the molecule is CCC(C(=O)NCc1cccc(C)c1)C(=O)OC. The Balaban J connectivity index is 2.57. The summed E-state index contributed by atoms with van der Waals surface area (Å²) < 4.78 is 4.60. The molecule has 1 atom stereocenters. The fraction of sp³-hybridized carbons (Fsp3) is 0.429. The molecule has 1 aromatic carbocycles. The van der Waals surface area contributed by atoms with E-state index < -0.39 is 11.9 Å². The van der Waals surface area contributed by atoms with Crippen LogP contribution in [0, 0.1) is 12.8 Å². The van der Waals surface area contributed by atoms with Crippen LogP contribution in [0.2, 0.25) is 0 Å². The summed E-state index contributed by atoms with van der Waals surface area (Å²) in [5.41, 5.74) is 2.16. The van der Waals surface area contributed by atoms with Gasteiger partial charge in [-0.05, 0) is 18.9 Å². The van der Waals surface area contributed by atoms with Crippen molar-refractivity contribution in [2.45, 2.75) is 26.8 Å². The van der Waals surface area contributed by atoms with Crippen molar-refractivity contribution >= 4 is 11.9 Å². The molecule has 0 fully saturated rings. The average molecular weight is 249 g/mol. The zero-order chi connectivity index (χ0) is 13.5. The van der Waals surface area contributed by atoms with Crippen molar-refractivity contribution in [2.24, 2.45) is 5.92 Å². The Hall–Kier alpha value is -1.84. The van der Waals surface area contributed by atoms with E-state index in [1.807, 2.05) is 31.2 Å². The van der Waals surface area contributed by atoms with Crippen LogP contribution in [-0.2, 0) is 20.9 Å². The van der Waals surface area contributed by atoms with Crippen molar-refractivity contribution in [3.8, 4) is 0 Å². The summed E-state index contributed by atoms with van der Waals surface area (Å²) in [7, 11) is 1.29. The Morgan fingerprint density at radius 1 is 1.39 bits per heavy atom. The number of nitrogens with one attached hydrogen (secondary N) is 1. The number of ether oxygens (including phenoxy) is 1. The molecule has 0 aromatic heterocycles. The number of carbonyl (C=O) groups is 2. The van der Waals surface area contributed by atoms with Gasteiger partial charge in [0.25, 0.3) is 0 Å². The van der Waals surface area contributed by atoms with Crippen molar-refractivity contribution in [3.05, 3.63) is 35.4 Å². The van der Waals surface area contributed by atoms with Crippen molar-refractivity contribution < 1.29 is 14.3 Å². The van der Waals surface area contributed by atoms with Crippen LogP contribution >= 0.6 is 0 Å². The predicted octanol–water partition coefficient (Wildman–Crippen LogP) is 1.81. The average Bonchev–Trinajstić information content (AvgIpc) is 2.37. The minimum absolute atomic E-state index is 0.286. The number of hydrogen-bond acceptors (Lipinski definition) is 3. The fourth-order valence-electron chi connectivity index (χ4n) is 1.74. The summed E-state index contributed by atoms with van der Waals surface area (Å²) in [6.45, 7) is 4.20. The smallest absolute Gasteiger partial charge is 0.318 e. The van der Waals surface area contributed by atoms with Gasteiger partial charge in [-0.25, -0.2) is 0 Å². The van der Waals surface area contributed by atoms with Crippen molar-refractivity contribution in [1.82, 2.24) is 5.32 Å². The van der Waals surface area contributed by atoms with E-state index in [2.05, 4.69) is 10.1 Å². The zero-order valence-corrected chi connectivity index (χ0v) is 11.0. The molecule has 1 aromatic rings. The van der Waals surface area contributed by atoms with Gasteiger partial charge in [0.05, 0.1) is 7.11 Å². The summed E-state index contributed by atoms with van der Waals surface area (Å²) in [5, 5.41) is 2.75. The molecule has 1 N–H and O–H groups in total. The zero-order valence-electron chi connectivity index (χ0n) is 11.0. The van der Waals surface area contributed by atoms with Crippen molar-refractivity contribution in [2.75, 3.05) is 7.11 Å². The lowest BCUT2D eigenvalue weighted by molar-refractivity contribution is -0.150. The molecular weight excluding hydrogens is 230 g/mol. The number of benzene rings is 1. The first-order valence-corrected chi connectivity index (χ1v) is 5.99. The van der Waals surface area contributed by atoms with Gasteiger partial charge in [0.2, 0.25) is 5.91 Å². The molecule has 0 saturated heterocycles. The Morgan fingerprint density at radius 2 is 2.11 bits per heavy atom. The van der Waals surface area contributed by atoms with Crippen LogP contribution in [0.1, 0.15) is 24.5 Å². The third-order valence-corrected chi connectivity index (χ3v) is 2.76. The summed E-state index contributed by atoms with van der Waals surface area (Å²) >= 11 is 0. The molecule has 1 amide bonds. The molecule has 0 aliphatic heterocycles. The van der Waals surface area contributed by atoms with Gasteiger partial charge in [0, 0.05) is 6.54 Å². The Kier molecular flexibility index (Phi) is 5.36. The van der Waals surface area contributed by atoms with Gasteiger partial charge < -0.3 is 10.1 Å². The van der Waals surface area contributed by atoms with E-state index in [4.69, 9.17) is 0 Å². The Bertz CT molecular complexity index is 429. The first-order valence-electron chi connectivity index (χ1n) is 5.99. The first-order chi connectivity index (χ1) is 8.58. The minimum Gasteiger partial charge on any atom is -0.468 e. The highest BCUT2D eigenvalue weighted by Gasteiger charge is 2.24. The second-order valence-corrected chi connectivity index (χ2v) is 4.19. The molecule has 4 nitrogen and oxygen atoms in total. The summed E-state index contributed by atoms with van der Waals surface area (Å²) in [6.07, 6.45) is 0.437. The number of esters is 1. The summed E-state index contributed by atoms with van der Waals surface area (Å²) in [5.74, 6) is -1.50. The molecule has 0 radical (unpaired) electrons. The predicted molar refractivity (Wildman–Crippen MR) is 68.8 cm³/mol. The van der Waals surface area contributed by atoms with Gasteiger partial charge in [0.1, 0.15) is 5.92 Å². The van der Waals surface area contributed by atoms with Gasteiger partial charge in [-0.3, -0.25) is 9.59 Å². The van der Waals surface area contributed by atoms with Gasteiger partial charge in [-0.2, -0.15) is 0 Å². The van der Waals surface area contributed by atoms with Crippen LogP contribution in [0.25, 0.3) is 0 Å². The van der Waals surface area contributed by atoms with Crippen molar-refractivity contribution in [1.29, 1.82) is 0 Å². The molecule has 1 unspecified atom stereocenters. The molecule has 0 saturated carbocycles. The van der Waals surface area contributed by atoms with Crippen LogP contribution in [0.15, 0.2) is 24.3 Å². The molecular formula is C14H19NO3. The highest BCUT2D eigenvalue weighted by Crippen LogP contribution is 2.07. The molecule has 0 heterocycles. The lowest BCUT2D eigenvalue weighted by Gasteiger charge is -2.12. The lowest BCUT2D eigenvalue weighted by Crippen LogP contribution is -2.35. The largest absolute Gasteiger partial charge is 0.468 e. The molecule has 0 bridgehead atoms. The maximum absolute atomic E-state index is 11.8. The standard InChI is InChI=1S/C14H19NO3/c1-4-12(14(17)18-3)13(16)15-9-11-7-5-6-10(2)8-11/h5-8,12H,4,9H2,1-3H3,(H,15,16). The normalized spacial score (nSPS) is 11.7. The van der Waals surface area contributed by atoms with Crippen LogP contribution in [0.3, 0.4) is 0 Å². The number of hydrogen-bond donors (Lipinski definition) is 1. The van der Waals surface area contributed by atoms with Crippen LogP contribution in [0.4, 0.5) is 0 Å². The second-order valence-electron chi connectivity index (χ2n) is 4.19. The van der Waals surface area contributed by atoms with Crippen LogP contribution in [0.5, 0.6) is 0 Å². The summed E-state index contributed by atoms with van der Waals surface area (Å²) in [4.78, 5) is 23.2. The maximum atomic E-state index is 11.8. The number of aryl methyl sites for hydroxylation is 1. The second kappa shape index (κ2) is 6.79. The van der Waals surface area contributed by atoms with E-state index in [0.29, 0.717) is 13.0 Å². The number of amides is 1. The van der Waals surface area contributed by atoms with E-state index in [1.165, 1.54) is 7.11 Å². The monoisotopic (exact) mass is 249 g/mol. The minimum atomic E-state index is -0.722. The molecule has 0 aliphatic rings. The molecule has 98 valence electrons. The molecule has 0 spiro atoms. The topological polar surface area (TPSA) is 55.4 Å². The highest BCUT2D eigenvalue weighted by molar-refractivity contribution is 5.97. The van der Waals surface area contributed by atoms with Crippen molar-refractivity contribution in [3.63, 3.8) is 0 Å². The highest BCUT2D eigenvalue weighted by atomic mass is 16.5. The maximum Gasteiger partial charge on any atom is 0.318 e. The molecule has 4 heteroatoms. The first kappa shape index (κ1) is 14.2. The van der Waals surface area contributed by atoms with E-state index in [0.717, 1.165) is 11.1 Å². The third-order valence-electron chi connectivity index (χ3n) is 2.76. The van der Waals surface area contributed by atoms with Gasteiger partial charge in [-0.1, -0.05) is 36.8 Å². The molecule has 1 rings (SSSR count). The van der Waals surface area contributed by atoms with Crippen LogP contribution in [-0.4, -0.2) is 19.0 Å². The quantitative estimate of drug-likeness (QED) is 0.639. The van der Waals surface area contributed by atoms with E-state index in [1.54, 1.807) is 6.92 Å².